The smallest absolute Gasteiger partial charge is 0.134 e. The Bertz CT molecular complexity index is 411. The second kappa shape index (κ2) is 4.07. The molecular formula is C13H17NO. The van der Waals surface area contributed by atoms with E-state index in [-0.39, 0.29) is 6.04 Å². The van der Waals surface area contributed by atoms with Crippen LogP contribution in [0.25, 0.3) is 11.0 Å². The van der Waals surface area contributed by atoms with Gasteiger partial charge in [-0.25, -0.2) is 0 Å². The van der Waals surface area contributed by atoms with Crippen molar-refractivity contribution in [3.05, 3.63) is 36.1 Å². The number of fused-ring (bicyclic) bond motifs is 1. The van der Waals surface area contributed by atoms with E-state index < -0.39 is 0 Å². The molecule has 0 amide bonds. The van der Waals surface area contributed by atoms with Crippen LogP contribution < -0.4 is 5.32 Å². The number of rotatable bonds is 3. The largest absolute Gasteiger partial charge is 0.459 e. The molecule has 0 aliphatic rings. The number of hydrogen-bond donors (Lipinski definition) is 1. The van der Waals surface area contributed by atoms with Crippen molar-refractivity contribution in [2.24, 2.45) is 0 Å². The lowest BCUT2D eigenvalue weighted by Crippen LogP contribution is -2.25. The molecule has 1 unspecified atom stereocenters. The van der Waals surface area contributed by atoms with Crippen molar-refractivity contribution in [3.63, 3.8) is 0 Å². The van der Waals surface area contributed by atoms with Crippen molar-refractivity contribution in [1.82, 2.24) is 5.32 Å². The minimum atomic E-state index is 0.261. The first-order valence-corrected chi connectivity index (χ1v) is 5.41. The van der Waals surface area contributed by atoms with Gasteiger partial charge in [0, 0.05) is 11.4 Å². The lowest BCUT2D eigenvalue weighted by atomic mass is 10.2. The van der Waals surface area contributed by atoms with Gasteiger partial charge in [-0.15, -0.1) is 0 Å². The lowest BCUT2D eigenvalue weighted by molar-refractivity contribution is 0.423. The normalized spacial score (nSPS) is 13.6. The average molecular weight is 203 g/mol. The van der Waals surface area contributed by atoms with Crippen LogP contribution in [0.5, 0.6) is 0 Å². The monoisotopic (exact) mass is 203 g/mol. The highest BCUT2D eigenvalue weighted by Crippen LogP contribution is 2.23. The van der Waals surface area contributed by atoms with Crippen molar-refractivity contribution in [2.45, 2.75) is 32.9 Å². The van der Waals surface area contributed by atoms with E-state index in [2.05, 4.69) is 38.2 Å². The highest BCUT2D eigenvalue weighted by Gasteiger charge is 2.11. The Morgan fingerprint density at radius 3 is 2.53 bits per heavy atom. The molecule has 2 heteroatoms. The van der Waals surface area contributed by atoms with Gasteiger partial charge in [-0.3, -0.25) is 0 Å². The predicted octanol–water partition coefficient (Wildman–Crippen LogP) is 3.49. The van der Waals surface area contributed by atoms with Crippen LogP contribution in [0, 0.1) is 0 Å². The van der Waals surface area contributed by atoms with E-state index in [0.717, 1.165) is 11.3 Å². The summed E-state index contributed by atoms with van der Waals surface area (Å²) < 4.78 is 5.77. The molecule has 1 heterocycles. The first-order chi connectivity index (χ1) is 7.16. The first kappa shape index (κ1) is 10.2. The number of hydrogen-bond acceptors (Lipinski definition) is 2. The molecule has 0 radical (unpaired) electrons. The summed E-state index contributed by atoms with van der Waals surface area (Å²) in [5.41, 5.74) is 0.963. The van der Waals surface area contributed by atoms with E-state index in [0.29, 0.717) is 6.04 Å². The van der Waals surface area contributed by atoms with Gasteiger partial charge in [0.2, 0.25) is 0 Å². The molecular weight excluding hydrogens is 186 g/mol. The van der Waals surface area contributed by atoms with Crippen LogP contribution in [0.15, 0.2) is 34.7 Å². The second-order valence-corrected chi connectivity index (χ2v) is 4.23. The van der Waals surface area contributed by atoms with E-state index in [9.17, 15) is 0 Å². The van der Waals surface area contributed by atoms with Crippen LogP contribution in [-0.2, 0) is 0 Å². The van der Waals surface area contributed by atoms with Gasteiger partial charge in [0.1, 0.15) is 11.3 Å². The number of nitrogens with one attached hydrogen (secondary N) is 1. The van der Waals surface area contributed by atoms with Crippen LogP contribution in [0.4, 0.5) is 0 Å². The van der Waals surface area contributed by atoms with Gasteiger partial charge in [-0.1, -0.05) is 32.0 Å². The molecule has 15 heavy (non-hydrogen) atoms. The van der Waals surface area contributed by atoms with Crippen LogP contribution in [0.3, 0.4) is 0 Å². The molecule has 0 bridgehead atoms. The van der Waals surface area contributed by atoms with Crippen molar-refractivity contribution in [2.75, 3.05) is 0 Å². The molecule has 2 aromatic rings. The molecule has 1 aromatic heterocycles. The Labute approximate surface area is 90.3 Å². The van der Waals surface area contributed by atoms with E-state index in [1.165, 1.54) is 5.39 Å². The number of furan rings is 1. The summed E-state index contributed by atoms with van der Waals surface area (Å²) in [7, 11) is 0. The fourth-order valence-electron chi connectivity index (χ4n) is 1.80. The Balaban J connectivity index is 2.28. The third-order valence-corrected chi connectivity index (χ3v) is 2.45. The lowest BCUT2D eigenvalue weighted by Gasteiger charge is -2.13. The zero-order valence-electron chi connectivity index (χ0n) is 9.45. The fourth-order valence-corrected chi connectivity index (χ4v) is 1.80. The van der Waals surface area contributed by atoms with E-state index >= 15 is 0 Å². The van der Waals surface area contributed by atoms with E-state index in [4.69, 9.17) is 4.42 Å². The second-order valence-electron chi connectivity index (χ2n) is 4.23. The molecule has 0 saturated carbocycles. The van der Waals surface area contributed by atoms with Gasteiger partial charge in [0.15, 0.2) is 0 Å². The molecule has 1 N–H and O–H groups in total. The van der Waals surface area contributed by atoms with Crippen LogP contribution in [-0.4, -0.2) is 6.04 Å². The molecule has 0 spiro atoms. The van der Waals surface area contributed by atoms with Crippen LogP contribution in [0.2, 0.25) is 0 Å². The van der Waals surface area contributed by atoms with Gasteiger partial charge in [-0.2, -0.15) is 0 Å². The summed E-state index contributed by atoms with van der Waals surface area (Å²) >= 11 is 0. The topological polar surface area (TPSA) is 25.2 Å². The number of benzene rings is 1. The summed E-state index contributed by atoms with van der Waals surface area (Å²) in [6.07, 6.45) is 0. The van der Waals surface area contributed by atoms with Gasteiger partial charge < -0.3 is 9.73 Å². The van der Waals surface area contributed by atoms with Gasteiger partial charge >= 0.3 is 0 Å². The highest BCUT2D eigenvalue weighted by atomic mass is 16.3. The SMILES string of the molecule is CC(C)NC(C)c1cc2ccccc2o1. The van der Waals surface area contributed by atoms with E-state index in [1.807, 2.05) is 18.2 Å². The van der Waals surface area contributed by atoms with Crippen LogP contribution >= 0.6 is 0 Å². The quantitative estimate of drug-likeness (QED) is 0.826. The third-order valence-electron chi connectivity index (χ3n) is 2.45. The van der Waals surface area contributed by atoms with Crippen LogP contribution in [0.1, 0.15) is 32.6 Å². The molecule has 0 aliphatic carbocycles. The number of para-hydroxylation sites is 1. The average Bonchev–Trinajstić information content (AvgIpc) is 2.59. The van der Waals surface area contributed by atoms with Gasteiger partial charge in [0.25, 0.3) is 0 Å². The highest BCUT2D eigenvalue weighted by molar-refractivity contribution is 5.77. The molecule has 0 aliphatic heterocycles. The maximum absolute atomic E-state index is 5.77. The summed E-state index contributed by atoms with van der Waals surface area (Å²) in [6, 6.07) is 10.9. The van der Waals surface area contributed by atoms with Crippen molar-refractivity contribution in [1.29, 1.82) is 0 Å². The molecule has 80 valence electrons. The summed E-state index contributed by atoms with van der Waals surface area (Å²) in [4.78, 5) is 0. The Morgan fingerprint density at radius 1 is 1.13 bits per heavy atom. The zero-order chi connectivity index (χ0) is 10.8. The fraction of sp³-hybridized carbons (Fsp3) is 0.385. The minimum Gasteiger partial charge on any atom is -0.459 e. The summed E-state index contributed by atoms with van der Waals surface area (Å²) in [6.45, 7) is 6.40. The Morgan fingerprint density at radius 2 is 1.87 bits per heavy atom. The van der Waals surface area contributed by atoms with Crippen molar-refractivity contribution < 1.29 is 4.42 Å². The van der Waals surface area contributed by atoms with Crippen molar-refractivity contribution in [3.8, 4) is 0 Å². The molecule has 0 fully saturated rings. The maximum Gasteiger partial charge on any atom is 0.134 e. The Hall–Kier alpha value is -1.28. The van der Waals surface area contributed by atoms with Gasteiger partial charge in [-0.05, 0) is 19.1 Å². The third kappa shape index (κ3) is 2.21. The molecule has 2 nitrogen and oxygen atoms in total. The van der Waals surface area contributed by atoms with E-state index in [1.54, 1.807) is 0 Å². The predicted molar refractivity (Wildman–Crippen MR) is 62.9 cm³/mol. The van der Waals surface area contributed by atoms with Gasteiger partial charge in [0.05, 0.1) is 6.04 Å². The standard InChI is InChI=1S/C13H17NO/c1-9(2)14-10(3)13-8-11-6-4-5-7-12(11)15-13/h4-10,14H,1-3H3. The molecule has 2 rings (SSSR count). The zero-order valence-corrected chi connectivity index (χ0v) is 9.45. The first-order valence-electron chi connectivity index (χ1n) is 5.41. The molecule has 1 atom stereocenters. The minimum absolute atomic E-state index is 0.261. The summed E-state index contributed by atoms with van der Waals surface area (Å²) in [5.74, 6) is 1.00. The van der Waals surface area contributed by atoms with Crippen molar-refractivity contribution >= 4 is 11.0 Å². The maximum atomic E-state index is 5.77. The Kier molecular flexibility index (Phi) is 2.78. The molecule has 1 aromatic carbocycles. The summed E-state index contributed by atoms with van der Waals surface area (Å²) in [5, 5.41) is 4.60. The molecule has 0 saturated heterocycles.